The van der Waals surface area contributed by atoms with Crippen LogP contribution in [0.5, 0.6) is 0 Å². The highest BCUT2D eigenvalue weighted by atomic mass is 15.2. The molecule has 20 heavy (non-hydrogen) atoms. The third-order valence-electron chi connectivity index (χ3n) is 3.41. The van der Waals surface area contributed by atoms with Crippen LogP contribution in [-0.4, -0.2) is 10.1 Å². The molecule has 4 aromatic rings. The summed E-state index contributed by atoms with van der Waals surface area (Å²) in [6, 6.07) is 20.4. The molecule has 0 radical (unpaired) electrons. The number of hydrogen-bond acceptors (Lipinski definition) is 2. The van der Waals surface area contributed by atoms with Crippen LogP contribution < -0.4 is 4.52 Å². The van der Waals surface area contributed by atoms with E-state index in [2.05, 4.69) is 28.3 Å². The van der Waals surface area contributed by atoms with E-state index < -0.39 is 0 Å². The van der Waals surface area contributed by atoms with Crippen molar-refractivity contribution in [1.82, 2.24) is 10.1 Å². The Hall–Kier alpha value is -2.81. The minimum absolute atomic E-state index is 0.874. The first-order chi connectivity index (χ1) is 9.92. The molecule has 0 bridgehead atoms. The molecule has 0 fully saturated rings. The number of benzene rings is 2. The Morgan fingerprint density at radius 2 is 1.60 bits per heavy atom. The van der Waals surface area contributed by atoms with Crippen molar-refractivity contribution >= 4 is 16.4 Å². The molecule has 3 heteroatoms. The number of pyridine rings is 1. The number of rotatable bonds is 1. The molecule has 0 spiro atoms. The van der Waals surface area contributed by atoms with Gasteiger partial charge in [-0.3, -0.25) is 0 Å². The van der Waals surface area contributed by atoms with E-state index in [0.29, 0.717) is 0 Å². The van der Waals surface area contributed by atoms with E-state index in [9.17, 15) is 0 Å². The van der Waals surface area contributed by atoms with Crippen LogP contribution >= 0.6 is 0 Å². The van der Waals surface area contributed by atoms with Gasteiger partial charge in [-0.1, -0.05) is 53.6 Å². The number of hydrogen-bond donors (Lipinski definition) is 0. The van der Waals surface area contributed by atoms with Gasteiger partial charge in [-0.25, -0.2) is 0 Å². The topological polar surface area (TPSA) is 29.9 Å². The molecule has 0 aliphatic carbocycles. The van der Waals surface area contributed by atoms with Crippen LogP contribution in [0.25, 0.3) is 27.7 Å². The summed E-state index contributed by atoms with van der Waals surface area (Å²) in [6.07, 6.45) is 3.79. The van der Waals surface area contributed by atoms with Crippen molar-refractivity contribution in [1.29, 1.82) is 0 Å². The van der Waals surface area contributed by atoms with Crippen LogP contribution in [0.3, 0.4) is 0 Å². The second kappa shape index (κ2) is 4.38. The Kier molecular flexibility index (Phi) is 2.42. The maximum Gasteiger partial charge on any atom is 0.356 e. The molecule has 94 valence electrons. The third-order valence-corrected chi connectivity index (χ3v) is 3.41. The molecular formula is C17H12N3+. The van der Waals surface area contributed by atoms with Gasteiger partial charge >= 0.3 is 5.65 Å². The van der Waals surface area contributed by atoms with Crippen molar-refractivity contribution < 1.29 is 4.52 Å². The van der Waals surface area contributed by atoms with E-state index in [-0.39, 0.29) is 0 Å². The minimum atomic E-state index is 0.874. The van der Waals surface area contributed by atoms with E-state index >= 15 is 0 Å². The maximum absolute atomic E-state index is 4.65. The molecule has 2 aromatic heterocycles. The SMILES string of the molecule is c1ccc(-c2cnc3c4ccccc4cc[n+]3n2)cc1. The Morgan fingerprint density at radius 3 is 2.50 bits per heavy atom. The molecule has 2 aromatic carbocycles. The van der Waals surface area contributed by atoms with Crippen LogP contribution in [0, 0.1) is 0 Å². The standard InChI is InChI=1S/C17H12N3/c1-2-7-14(8-3-1)16-12-18-17-15-9-5-4-6-13(15)10-11-20(17)19-16/h1-12H/q+1. The minimum Gasteiger partial charge on any atom is -0.100 e. The average molecular weight is 258 g/mol. The van der Waals surface area contributed by atoms with Gasteiger partial charge in [0.15, 0.2) is 11.9 Å². The summed E-state index contributed by atoms with van der Waals surface area (Å²) in [4.78, 5) is 4.59. The van der Waals surface area contributed by atoms with Crippen molar-refractivity contribution in [3.8, 4) is 11.3 Å². The first kappa shape index (κ1) is 11.1. The maximum atomic E-state index is 4.65. The van der Waals surface area contributed by atoms with Gasteiger partial charge in [-0.2, -0.15) is 0 Å². The zero-order valence-electron chi connectivity index (χ0n) is 10.8. The zero-order valence-corrected chi connectivity index (χ0v) is 10.8. The fraction of sp³-hybridized carbons (Fsp3) is 0. The van der Waals surface area contributed by atoms with Crippen LogP contribution in [0.4, 0.5) is 0 Å². The highest BCUT2D eigenvalue weighted by Crippen LogP contribution is 2.17. The smallest absolute Gasteiger partial charge is 0.100 e. The Labute approximate surface area is 116 Å². The lowest BCUT2D eigenvalue weighted by atomic mass is 10.1. The Bertz CT molecular complexity index is 901. The number of aromatic nitrogens is 3. The van der Waals surface area contributed by atoms with Gasteiger partial charge in [0.05, 0.1) is 5.39 Å². The third kappa shape index (κ3) is 1.72. The highest BCUT2D eigenvalue weighted by molar-refractivity contribution is 5.91. The number of fused-ring (bicyclic) bond motifs is 3. The largest absolute Gasteiger partial charge is 0.356 e. The molecule has 0 saturated heterocycles. The predicted octanol–water partition coefficient (Wildman–Crippen LogP) is 3.04. The van der Waals surface area contributed by atoms with Crippen LogP contribution in [-0.2, 0) is 0 Å². The molecule has 2 heterocycles. The summed E-state index contributed by atoms with van der Waals surface area (Å²) >= 11 is 0. The van der Waals surface area contributed by atoms with Gasteiger partial charge < -0.3 is 0 Å². The van der Waals surface area contributed by atoms with Gasteiger partial charge in [-0.15, -0.1) is 4.52 Å². The molecule has 3 nitrogen and oxygen atoms in total. The average Bonchev–Trinajstić information content (AvgIpc) is 2.55. The summed E-state index contributed by atoms with van der Waals surface area (Å²) in [5.74, 6) is 0. The van der Waals surface area contributed by atoms with Crippen molar-refractivity contribution in [3.63, 3.8) is 0 Å². The second-order valence-electron chi connectivity index (χ2n) is 4.68. The molecule has 0 unspecified atom stereocenters. The predicted molar refractivity (Wildman–Crippen MR) is 78.1 cm³/mol. The molecule has 0 aliphatic rings. The fourth-order valence-electron chi connectivity index (χ4n) is 2.41. The highest BCUT2D eigenvalue weighted by Gasteiger charge is 2.12. The van der Waals surface area contributed by atoms with Crippen LogP contribution in [0.2, 0.25) is 0 Å². The molecule has 0 amide bonds. The Balaban J connectivity index is 1.99. The van der Waals surface area contributed by atoms with Crippen molar-refractivity contribution in [3.05, 3.63) is 73.1 Å². The van der Waals surface area contributed by atoms with E-state index in [1.165, 1.54) is 5.39 Å². The van der Waals surface area contributed by atoms with Crippen molar-refractivity contribution in [2.45, 2.75) is 0 Å². The van der Waals surface area contributed by atoms with E-state index in [1.54, 1.807) is 0 Å². The molecule has 0 atom stereocenters. The first-order valence-corrected chi connectivity index (χ1v) is 6.54. The number of nitrogens with zero attached hydrogens (tertiary/aromatic N) is 3. The lowest BCUT2D eigenvalue weighted by Gasteiger charge is -1.99. The lowest BCUT2D eigenvalue weighted by molar-refractivity contribution is -0.581. The van der Waals surface area contributed by atoms with Crippen LogP contribution in [0.1, 0.15) is 0 Å². The second-order valence-corrected chi connectivity index (χ2v) is 4.68. The summed E-state index contributed by atoms with van der Waals surface area (Å²) < 4.78 is 1.84. The van der Waals surface area contributed by atoms with Gasteiger partial charge in [0.1, 0.15) is 6.20 Å². The van der Waals surface area contributed by atoms with E-state index in [4.69, 9.17) is 0 Å². The quantitative estimate of drug-likeness (QED) is 0.388. The van der Waals surface area contributed by atoms with Gasteiger partial charge in [0, 0.05) is 5.56 Å². The fourth-order valence-corrected chi connectivity index (χ4v) is 2.41. The summed E-state index contributed by atoms with van der Waals surface area (Å²) in [5, 5.41) is 6.94. The van der Waals surface area contributed by atoms with Crippen molar-refractivity contribution in [2.24, 2.45) is 0 Å². The van der Waals surface area contributed by atoms with Crippen LogP contribution in [0.15, 0.2) is 73.1 Å². The first-order valence-electron chi connectivity index (χ1n) is 6.54. The van der Waals surface area contributed by atoms with Crippen molar-refractivity contribution in [2.75, 3.05) is 0 Å². The molecular weight excluding hydrogens is 246 g/mol. The monoisotopic (exact) mass is 258 g/mol. The van der Waals surface area contributed by atoms with Gasteiger partial charge in [-0.05, 0) is 22.5 Å². The Morgan fingerprint density at radius 1 is 0.800 bits per heavy atom. The van der Waals surface area contributed by atoms with E-state index in [1.807, 2.05) is 59.4 Å². The van der Waals surface area contributed by atoms with E-state index in [0.717, 1.165) is 22.3 Å². The molecule has 0 N–H and O–H groups in total. The summed E-state index contributed by atoms with van der Waals surface area (Å²) in [5.41, 5.74) is 2.82. The lowest BCUT2D eigenvalue weighted by Crippen LogP contribution is -2.28. The molecule has 0 aliphatic heterocycles. The molecule has 4 rings (SSSR count). The summed E-state index contributed by atoms with van der Waals surface area (Å²) in [7, 11) is 0. The zero-order chi connectivity index (χ0) is 13.4. The molecule has 0 saturated carbocycles. The normalized spacial score (nSPS) is 11.0. The summed E-state index contributed by atoms with van der Waals surface area (Å²) in [6.45, 7) is 0. The van der Waals surface area contributed by atoms with Gasteiger partial charge in [0.25, 0.3) is 0 Å². The van der Waals surface area contributed by atoms with Gasteiger partial charge in [0.2, 0.25) is 0 Å².